The first-order valence-corrected chi connectivity index (χ1v) is 8.59. The Kier molecular flexibility index (Phi) is 4.86. The lowest BCUT2D eigenvalue weighted by atomic mass is 9.69. The molecule has 1 N–H and O–H groups in total. The largest absolute Gasteiger partial charge is 0.544 e. The maximum absolute atomic E-state index is 12.8. The number of carboxylic acids is 1. The normalized spacial score (nSPS) is 33.1. The average molecular weight is 384 g/mol. The molecule has 0 aromatic rings. The number of carbonyl (C=O) groups is 2. The lowest BCUT2D eigenvalue weighted by Gasteiger charge is -2.43. The SMILES string of the molecule is O=C([O-])C[NH+]1C[C@]2([N+](=O)[O-])C=C(C(=O)N3CCOCC3)C[C@]([N+](=O)[O-])(C1)C2. The van der Waals surface area contributed by atoms with Crippen molar-refractivity contribution in [2.75, 3.05) is 45.9 Å². The van der Waals surface area contributed by atoms with Gasteiger partial charge in [-0.3, -0.25) is 25.0 Å². The van der Waals surface area contributed by atoms with Gasteiger partial charge in [0.2, 0.25) is 5.91 Å². The number of hydrogen-bond acceptors (Lipinski definition) is 8. The van der Waals surface area contributed by atoms with Crippen LogP contribution in [-0.4, -0.2) is 83.6 Å². The summed E-state index contributed by atoms with van der Waals surface area (Å²) in [6.07, 6.45) is 0.583. The van der Waals surface area contributed by atoms with Crippen LogP contribution in [0.3, 0.4) is 0 Å². The molecule has 148 valence electrons. The minimum atomic E-state index is -1.86. The van der Waals surface area contributed by atoms with Gasteiger partial charge in [0.15, 0.2) is 6.54 Å². The zero-order chi connectivity index (χ0) is 19.8. The van der Waals surface area contributed by atoms with Crippen LogP contribution in [0.15, 0.2) is 11.6 Å². The molecule has 2 bridgehead atoms. The molecule has 27 heavy (non-hydrogen) atoms. The van der Waals surface area contributed by atoms with Gasteiger partial charge in [0.05, 0.1) is 25.6 Å². The quantitative estimate of drug-likeness (QED) is 0.373. The number of amides is 1. The number of carbonyl (C=O) groups excluding carboxylic acids is 2. The monoisotopic (exact) mass is 384 g/mol. The first kappa shape index (κ1) is 19.2. The number of nitrogens with zero attached hydrogens (tertiary/aromatic N) is 3. The van der Waals surface area contributed by atoms with Crippen molar-refractivity contribution in [2.24, 2.45) is 0 Å². The second kappa shape index (κ2) is 6.85. The number of likely N-dealkylation sites (tertiary alicyclic amines) is 1. The minimum absolute atomic E-state index is 0.0454. The maximum atomic E-state index is 12.8. The van der Waals surface area contributed by atoms with Crippen molar-refractivity contribution >= 4 is 11.9 Å². The molecule has 12 heteroatoms. The summed E-state index contributed by atoms with van der Waals surface area (Å²) >= 11 is 0. The van der Waals surface area contributed by atoms with E-state index >= 15 is 0 Å². The summed E-state index contributed by atoms with van der Waals surface area (Å²) in [7, 11) is 0. The molecule has 3 rings (SSSR count). The third-order valence-corrected chi connectivity index (χ3v) is 5.45. The van der Waals surface area contributed by atoms with Gasteiger partial charge in [0.25, 0.3) is 11.1 Å². The molecule has 2 aliphatic heterocycles. The van der Waals surface area contributed by atoms with Crippen molar-refractivity contribution in [3.8, 4) is 0 Å². The van der Waals surface area contributed by atoms with E-state index in [1.165, 1.54) is 11.0 Å². The van der Waals surface area contributed by atoms with E-state index in [1.807, 2.05) is 0 Å². The molecule has 3 atom stereocenters. The molecule has 1 amide bonds. The predicted octanol–water partition coefficient (Wildman–Crippen LogP) is -3.76. The highest BCUT2D eigenvalue weighted by atomic mass is 16.6. The van der Waals surface area contributed by atoms with E-state index in [9.17, 15) is 34.9 Å². The third kappa shape index (κ3) is 3.49. The van der Waals surface area contributed by atoms with Gasteiger partial charge in [0.1, 0.15) is 19.5 Å². The summed E-state index contributed by atoms with van der Waals surface area (Å²) in [5.41, 5.74) is -3.57. The zero-order valence-corrected chi connectivity index (χ0v) is 14.5. The van der Waals surface area contributed by atoms with Gasteiger partial charge < -0.3 is 24.4 Å². The Labute approximate surface area is 153 Å². The molecule has 2 fully saturated rings. The van der Waals surface area contributed by atoms with E-state index in [0.717, 1.165) is 0 Å². The van der Waals surface area contributed by atoms with Crippen LogP contribution in [-0.2, 0) is 14.3 Å². The smallest absolute Gasteiger partial charge is 0.295 e. The molecule has 1 unspecified atom stereocenters. The van der Waals surface area contributed by atoms with Crippen molar-refractivity contribution in [2.45, 2.75) is 23.9 Å². The van der Waals surface area contributed by atoms with E-state index in [-0.39, 0.29) is 36.4 Å². The number of morpholine rings is 1. The van der Waals surface area contributed by atoms with Crippen molar-refractivity contribution in [3.05, 3.63) is 31.9 Å². The van der Waals surface area contributed by atoms with Crippen molar-refractivity contribution in [3.63, 3.8) is 0 Å². The first-order valence-electron chi connectivity index (χ1n) is 8.59. The summed E-state index contributed by atoms with van der Waals surface area (Å²) in [5, 5.41) is 34.7. The van der Waals surface area contributed by atoms with E-state index in [0.29, 0.717) is 26.3 Å². The van der Waals surface area contributed by atoms with Crippen LogP contribution in [0.5, 0.6) is 0 Å². The topological polar surface area (TPSA) is 160 Å². The third-order valence-electron chi connectivity index (χ3n) is 5.45. The Balaban J connectivity index is 2.00. The molecule has 0 aromatic heterocycles. The fourth-order valence-electron chi connectivity index (χ4n) is 4.42. The van der Waals surface area contributed by atoms with Gasteiger partial charge in [0, 0.05) is 34.6 Å². The van der Waals surface area contributed by atoms with E-state index in [1.54, 1.807) is 0 Å². The molecule has 1 aliphatic carbocycles. The van der Waals surface area contributed by atoms with Crippen LogP contribution in [0.2, 0.25) is 0 Å². The zero-order valence-electron chi connectivity index (χ0n) is 14.5. The summed E-state index contributed by atoms with van der Waals surface area (Å²) in [6, 6.07) is 0. The van der Waals surface area contributed by atoms with Crippen LogP contribution >= 0.6 is 0 Å². The molecule has 0 aromatic carbocycles. The van der Waals surface area contributed by atoms with Crippen LogP contribution in [0.25, 0.3) is 0 Å². The highest BCUT2D eigenvalue weighted by Gasteiger charge is 2.67. The number of hydrogen-bond donors (Lipinski definition) is 1. The van der Waals surface area contributed by atoms with Gasteiger partial charge in [-0.25, -0.2) is 0 Å². The van der Waals surface area contributed by atoms with Gasteiger partial charge >= 0.3 is 0 Å². The number of quaternary nitrogens is 1. The fourth-order valence-corrected chi connectivity index (χ4v) is 4.42. The van der Waals surface area contributed by atoms with Crippen LogP contribution in [0, 0.1) is 20.2 Å². The highest BCUT2D eigenvalue weighted by molar-refractivity contribution is 5.94. The minimum Gasteiger partial charge on any atom is -0.544 e. The molecule has 0 radical (unpaired) electrons. The Morgan fingerprint density at radius 3 is 2.41 bits per heavy atom. The summed E-state index contributed by atoms with van der Waals surface area (Å²) < 4.78 is 5.18. The van der Waals surface area contributed by atoms with Crippen molar-refractivity contribution in [1.29, 1.82) is 0 Å². The van der Waals surface area contributed by atoms with Crippen LogP contribution in [0.4, 0.5) is 0 Å². The number of carboxylic acid groups (broad SMARTS) is 1. The van der Waals surface area contributed by atoms with Crippen LogP contribution < -0.4 is 10.0 Å². The standard InChI is InChI=1S/C15H20N4O8/c20-12(21)7-16-9-14(18(23)24)5-11(6-15(8-14,10-16)19(25)26)13(22)17-1-3-27-4-2-17/h5H,1-4,6-10H2,(H,20,21)/t14-,15+/m0/s1. The molecule has 3 aliphatic rings. The first-order chi connectivity index (χ1) is 12.7. The number of piperidine rings is 1. The number of aliphatic carboxylic acids is 1. The van der Waals surface area contributed by atoms with E-state index < -0.39 is 39.3 Å². The second-order valence-corrected chi connectivity index (χ2v) is 7.42. The average Bonchev–Trinajstić information content (AvgIpc) is 2.60. The predicted molar refractivity (Wildman–Crippen MR) is 84.7 cm³/mol. The fraction of sp³-hybridized carbons (Fsp3) is 0.733. The molecule has 12 nitrogen and oxygen atoms in total. The Bertz CT molecular complexity index is 719. The Morgan fingerprint density at radius 1 is 1.19 bits per heavy atom. The molecular weight excluding hydrogens is 364 g/mol. The molecular formula is C15H20N4O8. The van der Waals surface area contributed by atoms with E-state index in [4.69, 9.17) is 4.74 Å². The summed E-state index contributed by atoms with van der Waals surface area (Å²) in [6.45, 7) is 0.281. The van der Waals surface area contributed by atoms with Crippen LogP contribution in [0.1, 0.15) is 12.8 Å². The van der Waals surface area contributed by atoms with Gasteiger partial charge in [-0.05, 0) is 0 Å². The molecule has 2 heterocycles. The number of fused-ring (bicyclic) bond motifs is 2. The lowest BCUT2D eigenvalue weighted by molar-refractivity contribution is -0.938. The Morgan fingerprint density at radius 2 is 1.85 bits per heavy atom. The number of rotatable bonds is 5. The molecule has 2 saturated heterocycles. The number of ether oxygens (including phenoxy) is 1. The van der Waals surface area contributed by atoms with Gasteiger partial charge in [-0.1, -0.05) is 0 Å². The second-order valence-electron chi connectivity index (χ2n) is 7.42. The highest BCUT2D eigenvalue weighted by Crippen LogP contribution is 2.40. The summed E-state index contributed by atoms with van der Waals surface area (Å²) in [5.74, 6) is -1.89. The number of nitro groups is 2. The Hall–Kier alpha value is -2.60. The van der Waals surface area contributed by atoms with Crippen molar-refractivity contribution < 1.29 is 34.2 Å². The van der Waals surface area contributed by atoms with Crippen molar-refractivity contribution in [1.82, 2.24) is 4.90 Å². The molecule has 0 saturated carbocycles. The van der Waals surface area contributed by atoms with Gasteiger partial charge in [-0.2, -0.15) is 0 Å². The van der Waals surface area contributed by atoms with E-state index in [2.05, 4.69) is 0 Å². The molecule has 0 spiro atoms. The van der Waals surface area contributed by atoms with Gasteiger partial charge in [-0.15, -0.1) is 0 Å². The maximum Gasteiger partial charge on any atom is 0.295 e. The summed E-state index contributed by atoms with van der Waals surface area (Å²) in [4.78, 5) is 47.9. The number of nitrogens with one attached hydrogen (secondary N) is 1. The lowest BCUT2D eigenvalue weighted by Crippen LogP contribution is -3.19.